The Morgan fingerprint density at radius 3 is 2.71 bits per heavy atom. The molecule has 1 atom stereocenters. The van der Waals surface area contributed by atoms with E-state index in [9.17, 15) is 23.5 Å². The van der Waals surface area contributed by atoms with Crippen LogP contribution in [0.2, 0.25) is 0 Å². The van der Waals surface area contributed by atoms with Gasteiger partial charge in [0.15, 0.2) is 0 Å². The van der Waals surface area contributed by atoms with Gasteiger partial charge in [0.25, 0.3) is 0 Å². The summed E-state index contributed by atoms with van der Waals surface area (Å²) in [5.41, 5.74) is -0.839. The maximum Gasteiger partial charge on any atom is 0.316 e. The van der Waals surface area contributed by atoms with Crippen molar-refractivity contribution in [1.29, 1.82) is 0 Å². The number of carbonyl (C=O) groups is 1. The van der Waals surface area contributed by atoms with E-state index in [-0.39, 0.29) is 11.3 Å². The van der Waals surface area contributed by atoms with E-state index >= 15 is 0 Å². The predicted molar refractivity (Wildman–Crippen MR) is 57.4 cm³/mol. The average molecular weight is 261 g/mol. The summed E-state index contributed by atoms with van der Waals surface area (Å²) in [6.07, 6.45) is 0. The fourth-order valence-corrected chi connectivity index (χ4v) is 2.13. The average Bonchev–Trinajstić information content (AvgIpc) is 2.19. The van der Waals surface area contributed by atoms with Crippen LogP contribution in [0, 0.1) is 15.9 Å². The Morgan fingerprint density at radius 2 is 2.18 bits per heavy atom. The van der Waals surface area contributed by atoms with Crippen molar-refractivity contribution in [3.05, 3.63) is 39.7 Å². The van der Waals surface area contributed by atoms with E-state index in [0.29, 0.717) is 0 Å². The van der Waals surface area contributed by atoms with Crippen LogP contribution in [0.5, 0.6) is 0 Å². The minimum absolute atomic E-state index is 0.126. The molecule has 0 aliphatic heterocycles. The fourth-order valence-electron chi connectivity index (χ4n) is 1.18. The first-order chi connectivity index (χ1) is 7.91. The van der Waals surface area contributed by atoms with E-state index in [2.05, 4.69) is 0 Å². The molecule has 0 bridgehead atoms. The fraction of sp³-hybridized carbons (Fsp3) is 0.222. The van der Waals surface area contributed by atoms with Crippen molar-refractivity contribution in [2.75, 3.05) is 5.75 Å². The molecule has 6 nitrogen and oxygen atoms in total. The second kappa shape index (κ2) is 5.48. The quantitative estimate of drug-likeness (QED) is 0.631. The molecule has 8 heteroatoms. The van der Waals surface area contributed by atoms with Gasteiger partial charge in [-0.1, -0.05) is 12.1 Å². The Balaban J connectivity index is 2.92. The van der Waals surface area contributed by atoms with Crippen LogP contribution < -0.4 is 0 Å². The first-order valence-corrected chi connectivity index (χ1v) is 5.89. The van der Waals surface area contributed by atoms with Crippen LogP contribution in [0.15, 0.2) is 18.2 Å². The van der Waals surface area contributed by atoms with Crippen molar-refractivity contribution >= 4 is 22.5 Å². The Kier molecular flexibility index (Phi) is 4.27. The van der Waals surface area contributed by atoms with Gasteiger partial charge in [0.1, 0.15) is 5.75 Å². The molecular weight excluding hydrogens is 253 g/mol. The molecule has 1 aromatic carbocycles. The van der Waals surface area contributed by atoms with Crippen LogP contribution in [-0.4, -0.2) is 26.0 Å². The van der Waals surface area contributed by atoms with Crippen LogP contribution in [0.4, 0.5) is 10.1 Å². The summed E-state index contributed by atoms with van der Waals surface area (Å²) in [4.78, 5) is 19.8. The highest BCUT2D eigenvalue weighted by atomic mass is 32.2. The van der Waals surface area contributed by atoms with Gasteiger partial charge in [0, 0.05) is 22.4 Å². The monoisotopic (exact) mass is 261 g/mol. The number of hydrogen-bond acceptors (Lipinski definition) is 4. The minimum atomic E-state index is -1.80. The lowest BCUT2D eigenvalue weighted by Gasteiger charge is -2.02. The Hall–Kier alpha value is -1.83. The highest BCUT2D eigenvalue weighted by Gasteiger charge is 2.19. The SMILES string of the molecule is O=C(O)CS(=O)Cc1cccc([N+](=O)[O-])c1F. The first-order valence-electron chi connectivity index (χ1n) is 4.40. The number of aliphatic carboxylic acids is 1. The van der Waals surface area contributed by atoms with E-state index in [1.807, 2.05) is 0 Å². The Labute approximate surface area is 97.7 Å². The molecule has 0 radical (unpaired) electrons. The number of halogens is 1. The van der Waals surface area contributed by atoms with Gasteiger partial charge < -0.3 is 5.11 Å². The molecule has 0 fully saturated rings. The van der Waals surface area contributed by atoms with E-state index in [4.69, 9.17) is 5.11 Å². The Morgan fingerprint density at radius 1 is 1.53 bits per heavy atom. The van der Waals surface area contributed by atoms with Crippen LogP contribution in [0.25, 0.3) is 0 Å². The molecular formula is C9H8FNO5S. The van der Waals surface area contributed by atoms with Crippen molar-refractivity contribution in [1.82, 2.24) is 0 Å². The molecule has 1 rings (SSSR count). The molecule has 0 saturated carbocycles. The summed E-state index contributed by atoms with van der Waals surface area (Å²) >= 11 is 0. The van der Waals surface area contributed by atoms with Gasteiger partial charge in [-0.3, -0.25) is 19.1 Å². The smallest absolute Gasteiger partial charge is 0.316 e. The highest BCUT2D eigenvalue weighted by Crippen LogP contribution is 2.21. The highest BCUT2D eigenvalue weighted by molar-refractivity contribution is 7.84. The number of hydrogen-bond donors (Lipinski definition) is 1. The number of nitro benzene ring substituents is 1. The zero-order valence-electron chi connectivity index (χ0n) is 8.46. The summed E-state index contributed by atoms with van der Waals surface area (Å²) in [5.74, 6) is -3.33. The summed E-state index contributed by atoms with van der Waals surface area (Å²) in [5, 5.41) is 18.8. The van der Waals surface area contributed by atoms with Crippen LogP contribution >= 0.6 is 0 Å². The molecule has 0 amide bonds. The summed E-state index contributed by atoms with van der Waals surface area (Å²) in [6, 6.07) is 3.48. The topological polar surface area (TPSA) is 97.5 Å². The van der Waals surface area contributed by atoms with Gasteiger partial charge in [-0.05, 0) is 0 Å². The lowest BCUT2D eigenvalue weighted by molar-refractivity contribution is -0.387. The van der Waals surface area contributed by atoms with Crippen LogP contribution in [0.3, 0.4) is 0 Å². The molecule has 0 saturated heterocycles. The van der Waals surface area contributed by atoms with Gasteiger partial charge in [0.2, 0.25) is 5.82 Å². The summed E-state index contributed by atoms with van der Waals surface area (Å²) < 4.78 is 24.7. The van der Waals surface area contributed by atoms with Crippen molar-refractivity contribution in [3.63, 3.8) is 0 Å². The molecule has 0 spiro atoms. The van der Waals surface area contributed by atoms with Crippen molar-refractivity contribution in [2.24, 2.45) is 0 Å². The third-order valence-electron chi connectivity index (χ3n) is 1.86. The zero-order valence-corrected chi connectivity index (χ0v) is 9.28. The zero-order chi connectivity index (χ0) is 13.0. The van der Waals surface area contributed by atoms with Crippen molar-refractivity contribution < 1.29 is 23.4 Å². The first kappa shape index (κ1) is 13.2. The second-order valence-electron chi connectivity index (χ2n) is 3.13. The molecule has 1 N–H and O–H groups in total. The number of nitro groups is 1. The molecule has 1 unspecified atom stereocenters. The van der Waals surface area contributed by atoms with Gasteiger partial charge in [0.05, 0.1) is 10.7 Å². The predicted octanol–water partition coefficient (Wildman–Crippen LogP) is 1.07. The van der Waals surface area contributed by atoms with E-state index in [1.165, 1.54) is 12.1 Å². The minimum Gasteiger partial charge on any atom is -0.481 e. The second-order valence-corrected chi connectivity index (χ2v) is 4.59. The maximum atomic E-state index is 13.5. The number of carboxylic acid groups (broad SMARTS) is 1. The summed E-state index contributed by atoms with van der Waals surface area (Å²) in [7, 11) is -1.80. The van der Waals surface area contributed by atoms with Crippen LogP contribution in [-0.2, 0) is 21.3 Å². The summed E-state index contributed by atoms with van der Waals surface area (Å²) in [6.45, 7) is 0. The van der Waals surface area contributed by atoms with Gasteiger partial charge in [-0.15, -0.1) is 0 Å². The van der Waals surface area contributed by atoms with E-state index < -0.39 is 38.9 Å². The molecule has 1 aromatic rings. The van der Waals surface area contributed by atoms with E-state index in [0.717, 1.165) is 6.07 Å². The van der Waals surface area contributed by atoms with Gasteiger partial charge in [-0.2, -0.15) is 4.39 Å². The molecule has 92 valence electrons. The lowest BCUT2D eigenvalue weighted by Crippen LogP contribution is -2.11. The lowest BCUT2D eigenvalue weighted by atomic mass is 10.2. The maximum absolute atomic E-state index is 13.5. The standard InChI is InChI=1S/C9H8FNO5S/c10-9-6(4-17(16)5-8(12)13)2-1-3-7(9)11(14)15/h1-3H,4-5H2,(H,12,13). The molecule has 0 heterocycles. The van der Waals surface area contributed by atoms with Gasteiger partial charge in [-0.25, -0.2) is 0 Å². The van der Waals surface area contributed by atoms with Crippen molar-refractivity contribution in [2.45, 2.75) is 5.75 Å². The number of rotatable bonds is 5. The molecule has 0 aliphatic carbocycles. The third-order valence-corrected chi connectivity index (χ3v) is 3.06. The number of benzene rings is 1. The van der Waals surface area contributed by atoms with Crippen LogP contribution in [0.1, 0.15) is 5.56 Å². The normalized spacial score (nSPS) is 12.1. The van der Waals surface area contributed by atoms with Gasteiger partial charge >= 0.3 is 11.7 Å². The third kappa shape index (κ3) is 3.59. The largest absolute Gasteiger partial charge is 0.481 e. The molecule has 17 heavy (non-hydrogen) atoms. The van der Waals surface area contributed by atoms with Crippen molar-refractivity contribution in [3.8, 4) is 0 Å². The molecule has 0 aliphatic rings. The molecule has 0 aromatic heterocycles. The number of carboxylic acids is 1. The number of nitrogens with zero attached hydrogens (tertiary/aromatic N) is 1. The Bertz CT molecular complexity index is 490. The van der Waals surface area contributed by atoms with E-state index in [1.54, 1.807) is 0 Å².